The summed E-state index contributed by atoms with van der Waals surface area (Å²) < 4.78 is 0. The molecule has 0 bridgehead atoms. The van der Waals surface area contributed by atoms with Crippen LogP contribution in [0.2, 0.25) is 0 Å². The van der Waals surface area contributed by atoms with Crippen molar-refractivity contribution >= 4 is 17.1 Å². The minimum Gasteiger partial charge on any atom is -0.299 e. The van der Waals surface area contributed by atoms with Crippen molar-refractivity contribution in [3.63, 3.8) is 0 Å². The molecule has 1 aromatic heterocycles. The van der Waals surface area contributed by atoms with Gasteiger partial charge in [0.05, 0.1) is 5.92 Å². The van der Waals surface area contributed by atoms with E-state index in [2.05, 4.69) is 0 Å². The highest BCUT2D eigenvalue weighted by Gasteiger charge is 2.34. The fourth-order valence-electron chi connectivity index (χ4n) is 2.51. The maximum absolute atomic E-state index is 11.9. The Hall–Kier alpha value is -1.23. The minimum atomic E-state index is -0.299. The van der Waals surface area contributed by atoms with Gasteiger partial charge in [-0.2, -0.15) is 0 Å². The third kappa shape index (κ3) is 2.91. The van der Waals surface area contributed by atoms with Crippen LogP contribution in [0.3, 0.4) is 0 Å². The van der Waals surface area contributed by atoms with Crippen LogP contribution in [0.1, 0.15) is 36.5 Å². The van der Waals surface area contributed by atoms with Crippen molar-refractivity contribution in [2.24, 2.45) is 5.92 Å². The van der Waals surface area contributed by atoms with E-state index >= 15 is 0 Å². The van der Waals surface area contributed by atoms with Crippen molar-refractivity contribution in [3.8, 4) is 0 Å². The topological polar surface area (TPSA) is 60.2 Å². The van der Waals surface area contributed by atoms with Gasteiger partial charge in [-0.05, 0) is 24.3 Å². The van der Waals surface area contributed by atoms with Gasteiger partial charge in [0, 0.05) is 22.1 Å². The first kappa shape index (κ1) is 12.2. The van der Waals surface area contributed by atoms with Crippen molar-refractivity contribution in [1.82, 2.24) is 0 Å². The number of ketones is 1. The highest BCUT2D eigenvalue weighted by Crippen LogP contribution is 2.36. The lowest BCUT2D eigenvalue weighted by Crippen LogP contribution is -2.29. The molecular formula is C12H15NO3S. The largest absolute Gasteiger partial charge is 0.299 e. The Morgan fingerprint density at radius 2 is 2.35 bits per heavy atom. The van der Waals surface area contributed by atoms with Crippen molar-refractivity contribution in [2.75, 3.05) is 6.54 Å². The van der Waals surface area contributed by atoms with Crippen LogP contribution in [0.4, 0.5) is 0 Å². The van der Waals surface area contributed by atoms with Gasteiger partial charge in [-0.3, -0.25) is 14.9 Å². The molecule has 92 valence electrons. The molecule has 0 spiro atoms. The molecule has 1 heterocycles. The van der Waals surface area contributed by atoms with Crippen molar-refractivity contribution in [2.45, 2.75) is 31.6 Å². The van der Waals surface area contributed by atoms with Gasteiger partial charge in [0.2, 0.25) is 6.54 Å². The second kappa shape index (κ2) is 5.40. The smallest absolute Gasteiger partial charge is 0.212 e. The summed E-state index contributed by atoms with van der Waals surface area (Å²) in [6, 6.07) is 3.79. The molecule has 0 radical (unpaired) electrons. The molecule has 1 fully saturated rings. The predicted octanol–water partition coefficient (Wildman–Crippen LogP) is 2.87. The van der Waals surface area contributed by atoms with E-state index < -0.39 is 0 Å². The summed E-state index contributed by atoms with van der Waals surface area (Å²) in [6.45, 7) is -0.128. The summed E-state index contributed by atoms with van der Waals surface area (Å²) in [5.74, 6) is -0.165. The summed E-state index contributed by atoms with van der Waals surface area (Å²) >= 11 is 1.51. The van der Waals surface area contributed by atoms with Crippen LogP contribution < -0.4 is 0 Å². The first-order chi connectivity index (χ1) is 8.18. The fourth-order valence-corrected chi connectivity index (χ4v) is 3.40. The fraction of sp³-hybridized carbons (Fsp3) is 0.583. The Labute approximate surface area is 104 Å². The number of thiophene rings is 1. The Kier molecular flexibility index (Phi) is 3.89. The van der Waals surface area contributed by atoms with Crippen LogP contribution in [0, 0.1) is 16.0 Å². The third-order valence-electron chi connectivity index (χ3n) is 3.34. The van der Waals surface area contributed by atoms with Crippen molar-refractivity contribution < 1.29 is 9.72 Å². The highest BCUT2D eigenvalue weighted by molar-refractivity contribution is 7.10. The molecule has 5 heteroatoms. The zero-order valence-electron chi connectivity index (χ0n) is 9.50. The van der Waals surface area contributed by atoms with Crippen LogP contribution in [0.15, 0.2) is 17.5 Å². The summed E-state index contributed by atoms with van der Waals surface area (Å²) in [5, 5.41) is 12.7. The Morgan fingerprint density at radius 1 is 1.53 bits per heavy atom. The van der Waals surface area contributed by atoms with E-state index in [0.29, 0.717) is 6.42 Å². The third-order valence-corrected chi connectivity index (χ3v) is 4.35. The molecule has 0 amide bonds. The van der Waals surface area contributed by atoms with E-state index in [-0.39, 0.29) is 29.1 Å². The maximum atomic E-state index is 11.9. The lowest BCUT2D eigenvalue weighted by atomic mass is 9.78. The molecule has 4 nitrogen and oxygen atoms in total. The second-order valence-corrected chi connectivity index (χ2v) is 5.44. The maximum Gasteiger partial charge on any atom is 0.212 e. The lowest BCUT2D eigenvalue weighted by molar-refractivity contribution is -0.484. The lowest BCUT2D eigenvalue weighted by Gasteiger charge is -2.25. The number of nitro groups is 1. The van der Waals surface area contributed by atoms with Gasteiger partial charge in [-0.1, -0.05) is 12.5 Å². The van der Waals surface area contributed by atoms with Gasteiger partial charge in [-0.25, -0.2) is 0 Å². The molecule has 2 rings (SSSR count). The number of nitrogens with zero attached hydrogens (tertiary/aromatic N) is 1. The van der Waals surface area contributed by atoms with Crippen LogP contribution in [-0.4, -0.2) is 17.3 Å². The van der Waals surface area contributed by atoms with Crippen LogP contribution in [-0.2, 0) is 4.79 Å². The first-order valence-corrected chi connectivity index (χ1v) is 6.74. The first-order valence-electron chi connectivity index (χ1n) is 5.86. The minimum absolute atomic E-state index is 0.128. The normalized spacial score (nSPS) is 22.4. The average molecular weight is 253 g/mol. The van der Waals surface area contributed by atoms with Gasteiger partial charge in [0.25, 0.3) is 0 Å². The summed E-state index contributed by atoms with van der Waals surface area (Å²) in [7, 11) is 0. The molecule has 0 saturated heterocycles. The molecule has 17 heavy (non-hydrogen) atoms. The average Bonchev–Trinajstić information content (AvgIpc) is 2.80. The van der Waals surface area contributed by atoms with Crippen LogP contribution >= 0.6 is 11.3 Å². The molecule has 2 atom stereocenters. The molecule has 0 N–H and O–H groups in total. The van der Waals surface area contributed by atoms with E-state index in [1.165, 1.54) is 11.3 Å². The number of hydrogen-bond donors (Lipinski definition) is 0. The van der Waals surface area contributed by atoms with Gasteiger partial charge in [-0.15, -0.1) is 11.3 Å². The van der Waals surface area contributed by atoms with E-state index in [9.17, 15) is 14.9 Å². The molecule has 1 saturated carbocycles. The summed E-state index contributed by atoms with van der Waals surface area (Å²) in [5.41, 5.74) is 0. The molecular weight excluding hydrogens is 238 g/mol. The van der Waals surface area contributed by atoms with E-state index in [1.807, 2.05) is 17.5 Å². The van der Waals surface area contributed by atoms with E-state index in [4.69, 9.17) is 0 Å². The SMILES string of the molecule is O=C1CCCCC1C(C[N+](=O)[O-])c1cccs1. The monoisotopic (exact) mass is 253 g/mol. The highest BCUT2D eigenvalue weighted by atomic mass is 32.1. The van der Waals surface area contributed by atoms with Crippen LogP contribution in [0.5, 0.6) is 0 Å². The van der Waals surface area contributed by atoms with E-state index in [0.717, 1.165) is 24.1 Å². The molecule has 1 aliphatic rings. The quantitative estimate of drug-likeness (QED) is 0.612. The molecule has 2 unspecified atom stereocenters. The molecule has 1 aliphatic carbocycles. The summed E-state index contributed by atoms with van der Waals surface area (Å²) in [4.78, 5) is 23.3. The van der Waals surface area contributed by atoms with Gasteiger partial charge < -0.3 is 0 Å². The Bertz CT molecular complexity index is 402. The number of hydrogen-bond acceptors (Lipinski definition) is 4. The number of carbonyl (C=O) groups is 1. The van der Waals surface area contributed by atoms with Crippen molar-refractivity contribution in [1.29, 1.82) is 0 Å². The molecule has 0 aromatic carbocycles. The van der Waals surface area contributed by atoms with Crippen molar-refractivity contribution in [3.05, 3.63) is 32.5 Å². The Morgan fingerprint density at radius 3 is 2.94 bits per heavy atom. The standard InChI is InChI=1S/C12H15NO3S/c14-11-5-2-1-4-9(11)10(8-13(15)16)12-6-3-7-17-12/h3,6-7,9-10H,1-2,4-5,8H2. The predicted molar refractivity (Wildman–Crippen MR) is 65.9 cm³/mol. The number of Topliss-reactive ketones (excluding diaryl/α,β-unsaturated/α-hetero) is 1. The van der Waals surface area contributed by atoms with Gasteiger partial charge in [0.15, 0.2) is 0 Å². The number of rotatable bonds is 4. The Balaban J connectivity index is 2.20. The van der Waals surface area contributed by atoms with Crippen LogP contribution in [0.25, 0.3) is 0 Å². The second-order valence-electron chi connectivity index (χ2n) is 4.46. The molecule has 0 aliphatic heterocycles. The zero-order chi connectivity index (χ0) is 12.3. The number of carbonyl (C=O) groups excluding carboxylic acids is 1. The van der Waals surface area contributed by atoms with Gasteiger partial charge in [0.1, 0.15) is 5.78 Å². The molecule has 1 aromatic rings. The zero-order valence-corrected chi connectivity index (χ0v) is 10.3. The summed E-state index contributed by atoms with van der Waals surface area (Å²) in [6.07, 6.45) is 3.33. The van der Waals surface area contributed by atoms with E-state index in [1.54, 1.807) is 0 Å². The van der Waals surface area contributed by atoms with Gasteiger partial charge >= 0.3 is 0 Å².